The summed E-state index contributed by atoms with van der Waals surface area (Å²) in [4.78, 5) is 2.58. The van der Waals surface area contributed by atoms with Crippen LogP contribution in [0.5, 0.6) is 0 Å². The maximum atomic E-state index is 2.58. The largest absolute Gasteiger partial charge is 0.333 e. The summed E-state index contributed by atoms with van der Waals surface area (Å²) < 4.78 is 7.11. The van der Waals surface area contributed by atoms with Crippen LogP contribution < -0.4 is 4.90 Å². The number of hydrogen-bond donors (Lipinski definition) is 0. The van der Waals surface area contributed by atoms with Gasteiger partial charge < -0.3 is 18.6 Å². The summed E-state index contributed by atoms with van der Waals surface area (Å²) in [5, 5.41) is 6.26. The molecular weight excluding hydrogens is 873 g/mol. The highest BCUT2D eigenvalue weighted by Gasteiger charge is 2.39. The lowest BCUT2D eigenvalue weighted by atomic mass is 9.85. The van der Waals surface area contributed by atoms with Gasteiger partial charge in [0.15, 0.2) is 0 Å². The summed E-state index contributed by atoms with van der Waals surface area (Å²) in [5.41, 5.74) is 20.6. The highest BCUT2D eigenvalue weighted by atomic mass is 15.2. The summed E-state index contributed by atoms with van der Waals surface area (Å²) in [6.45, 7) is 0. The Balaban J connectivity index is 0.879. The SMILES string of the molecule is C1=CC2C(C=C1c1ccc3c(c1)c1ccccc1n3-c1ccccc1)c1cc(-c3ccc4c(c3)c3ccccc3n4-c3ccccc3)ccc1N2c1cccc(-c2cn(-c3ccccc3)c3ccccc23)c1. The molecule has 0 bridgehead atoms. The molecular formula is C68H46N4. The monoisotopic (exact) mass is 918 g/mol. The van der Waals surface area contributed by atoms with Gasteiger partial charge in [0.1, 0.15) is 0 Å². The van der Waals surface area contributed by atoms with Crippen molar-refractivity contribution in [2.75, 3.05) is 4.90 Å². The molecule has 10 aromatic carbocycles. The maximum absolute atomic E-state index is 2.58. The zero-order chi connectivity index (χ0) is 47.3. The highest BCUT2D eigenvalue weighted by Crippen LogP contribution is 2.51. The van der Waals surface area contributed by atoms with Gasteiger partial charge in [0.2, 0.25) is 0 Å². The van der Waals surface area contributed by atoms with Crippen LogP contribution in [-0.2, 0) is 0 Å². The Morgan fingerprint density at radius 1 is 0.333 bits per heavy atom. The second-order valence-corrected chi connectivity index (χ2v) is 19.3. The van der Waals surface area contributed by atoms with Crippen LogP contribution in [0.15, 0.2) is 267 Å². The van der Waals surface area contributed by atoms with Crippen molar-refractivity contribution in [3.8, 4) is 39.3 Å². The van der Waals surface area contributed by atoms with Crippen molar-refractivity contribution in [2.45, 2.75) is 12.0 Å². The predicted molar refractivity (Wildman–Crippen MR) is 301 cm³/mol. The third-order valence-electron chi connectivity index (χ3n) is 15.4. The molecule has 15 rings (SSSR count). The lowest BCUT2D eigenvalue weighted by Crippen LogP contribution is -2.29. The maximum Gasteiger partial charge on any atom is 0.0630 e. The first-order chi connectivity index (χ1) is 35.7. The van der Waals surface area contributed by atoms with Crippen LogP contribution in [0.3, 0.4) is 0 Å². The van der Waals surface area contributed by atoms with Gasteiger partial charge in [-0.15, -0.1) is 0 Å². The van der Waals surface area contributed by atoms with Gasteiger partial charge in [-0.05, 0) is 137 Å². The summed E-state index contributed by atoms with van der Waals surface area (Å²) in [5.74, 6) is 0.105. The summed E-state index contributed by atoms with van der Waals surface area (Å²) in [6, 6.07) is 89.0. The van der Waals surface area contributed by atoms with Gasteiger partial charge >= 0.3 is 0 Å². The van der Waals surface area contributed by atoms with Crippen LogP contribution in [0.4, 0.5) is 11.4 Å². The number of benzene rings is 10. The molecule has 0 saturated carbocycles. The van der Waals surface area contributed by atoms with Crippen molar-refractivity contribution >= 4 is 71.5 Å². The minimum atomic E-state index is 0.0787. The van der Waals surface area contributed by atoms with Crippen LogP contribution in [-0.4, -0.2) is 19.7 Å². The topological polar surface area (TPSA) is 18.0 Å². The third kappa shape index (κ3) is 6.25. The molecule has 2 unspecified atom stereocenters. The van der Waals surface area contributed by atoms with Gasteiger partial charge in [-0.1, -0.05) is 158 Å². The minimum absolute atomic E-state index is 0.0787. The molecule has 338 valence electrons. The van der Waals surface area contributed by atoms with E-state index in [2.05, 4.69) is 286 Å². The number of fused-ring (bicyclic) bond motifs is 10. The minimum Gasteiger partial charge on any atom is -0.333 e. The third-order valence-corrected chi connectivity index (χ3v) is 15.4. The second-order valence-electron chi connectivity index (χ2n) is 19.3. The number of anilines is 2. The molecule has 0 N–H and O–H groups in total. The molecule has 3 aromatic heterocycles. The lowest BCUT2D eigenvalue weighted by molar-refractivity contribution is 0.747. The molecule has 1 aliphatic carbocycles. The van der Waals surface area contributed by atoms with Crippen molar-refractivity contribution in [1.29, 1.82) is 0 Å². The van der Waals surface area contributed by atoms with Gasteiger partial charge in [0, 0.05) is 73.0 Å². The molecule has 4 nitrogen and oxygen atoms in total. The Hall–Kier alpha value is -9.38. The van der Waals surface area contributed by atoms with Gasteiger partial charge in [-0.3, -0.25) is 0 Å². The van der Waals surface area contributed by atoms with Gasteiger partial charge in [-0.2, -0.15) is 0 Å². The fourth-order valence-corrected chi connectivity index (χ4v) is 12.1. The molecule has 0 amide bonds. The van der Waals surface area contributed by atoms with Crippen molar-refractivity contribution in [3.63, 3.8) is 0 Å². The van der Waals surface area contributed by atoms with E-state index in [-0.39, 0.29) is 12.0 Å². The van der Waals surface area contributed by atoms with Crippen molar-refractivity contribution in [1.82, 2.24) is 13.7 Å². The molecule has 0 saturated heterocycles. The van der Waals surface area contributed by atoms with Crippen LogP contribution >= 0.6 is 0 Å². The average molecular weight is 919 g/mol. The molecule has 72 heavy (non-hydrogen) atoms. The first-order valence-corrected chi connectivity index (χ1v) is 25.0. The van der Waals surface area contributed by atoms with Gasteiger partial charge in [0.05, 0.1) is 33.6 Å². The molecule has 0 radical (unpaired) electrons. The quantitative estimate of drug-likeness (QED) is 0.156. The van der Waals surface area contributed by atoms with E-state index in [1.165, 1.54) is 116 Å². The Morgan fingerprint density at radius 3 is 1.51 bits per heavy atom. The van der Waals surface area contributed by atoms with Crippen LogP contribution in [0.2, 0.25) is 0 Å². The van der Waals surface area contributed by atoms with E-state index < -0.39 is 0 Å². The number of aromatic nitrogens is 3. The normalized spacial score (nSPS) is 15.2. The van der Waals surface area contributed by atoms with Crippen LogP contribution in [0.25, 0.3) is 99.4 Å². The zero-order valence-corrected chi connectivity index (χ0v) is 39.3. The highest BCUT2D eigenvalue weighted by molar-refractivity contribution is 6.12. The van der Waals surface area contributed by atoms with Crippen LogP contribution in [0, 0.1) is 0 Å². The summed E-state index contributed by atoms with van der Waals surface area (Å²) >= 11 is 0. The molecule has 0 spiro atoms. The van der Waals surface area contributed by atoms with E-state index in [9.17, 15) is 0 Å². The number of allylic oxidation sites excluding steroid dienone is 2. The second kappa shape index (κ2) is 16.1. The van der Waals surface area contributed by atoms with Crippen molar-refractivity contribution < 1.29 is 0 Å². The van der Waals surface area contributed by atoms with Crippen molar-refractivity contribution in [2.24, 2.45) is 0 Å². The number of hydrogen-bond acceptors (Lipinski definition) is 1. The molecule has 4 heteroatoms. The van der Waals surface area contributed by atoms with Crippen LogP contribution in [0.1, 0.15) is 17.0 Å². The fraction of sp³-hybridized carbons (Fsp3) is 0.0294. The average Bonchev–Trinajstić information content (AvgIpc) is 4.20. The van der Waals surface area contributed by atoms with Gasteiger partial charge in [0.25, 0.3) is 0 Å². The molecule has 1 aliphatic heterocycles. The van der Waals surface area contributed by atoms with E-state index >= 15 is 0 Å². The molecule has 0 fully saturated rings. The van der Waals surface area contributed by atoms with E-state index in [1.54, 1.807) is 0 Å². The summed E-state index contributed by atoms with van der Waals surface area (Å²) in [7, 11) is 0. The Bertz CT molecular complexity index is 4340. The number of para-hydroxylation sites is 6. The molecule has 2 atom stereocenters. The zero-order valence-electron chi connectivity index (χ0n) is 39.3. The fourth-order valence-electron chi connectivity index (χ4n) is 12.1. The van der Waals surface area contributed by atoms with E-state index in [1.807, 2.05) is 0 Å². The number of nitrogens with zero attached hydrogens (tertiary/aromatic N) is 4. The predicted octanol–water partition coefficient (Wildman–Crippen LogP) is 17.4. The first-order valence-electron chi connectivity index (χ1n) is 25.0. The molecule has 4 heterocycles. The first kappa shape index (κ1) is 40.5. The smallest absolute Gasteiger partial charge is 0.0630 e. The number of rotatable bonds is 7. The lowest BCUT2D eigenvalue weighted by Gasteiger charge is -2.30. The van der Waals surface area contributed by atoms with Gasteiger partial charge in [-0.25, -0.2) is 0 Å². The Kier molecular flexibility index (Phi) is 9.05. The summed E-state index contributed by atoms with van der Waals surface area (Å²) in [6.07, 6.45) is 9.67. The van der Waals surface area contributed by atoms with E-state index in [0.29, 0.717) is 0 Å². The van der Waals surface area contributed by atoms with Crippen molar-refractivity contribution in [3.05, 3.63) is 278 Å². The van der Waals surface area contributed by atoms with E-state index in [0.717, 1.165) is 5.69 Å². The van der Waals surface area contributed by atoms with E-state index in [4.69, 9.17) is 0 Å². The standard InChI is InChI=1S/C68H46N4/c1-4-18-50(19-5-1)69-44-61(56-27-10-13-28-62(56)69)49-17-16-24-53(39-49)72-67-37-33-47(45-31-35-65-57(40-45)54-25-11-14-29-63(54)70(65)51-20-6-2-7-21-51)42-59(67)60-43-48(34-38-68(60)72)46-32-36-66-58(41-46)55-26-12-15-30-64(55)71(66)52-22-8-3-9-23-52/h1-44,59,67H. The molecule has 2 aliphatic rings. The Labute approximate surface area is 417 Å². The molecule has 13 aromatic rings. The Morgan fingerprint density at radius 2 is 0.847 bits per heavy atom.